The number of amides is 1. The molecule has 2 aromatic rings. The molecule has 0 saturated carbocycles. The van der Waals surface area contributed by atoms with Crippen LogP contribution in [-0.2, 0) is 51.8 Å². The number of nitrogens with zero attached hydrogens (tertiary/aromatic N) is 2. The van der Waals surface area contributed by atoms with Crippen molar-refractivity contribution in [2.75, 3.05) is 0 Å². The van der Waals surface area contributed by atoms with Crippen LogP contribution < -0.4 is 0 Å². The van der Waals surface area contributed by atoms with E-state index in [-0.39, 0.29) is 12.3 Å². The number of carbonyl (C=O) groups is 1. The molecule has 0 aliphatic carbocycles. The SMILES string of the molecule is CCc1cc2c(c(C(C)C)c1CC(=O)/N=[SH](=O)/c1cnc(C(C)(C)O)s1)COC2. The number of aryl methyl sites for hydroxylation is 1. The average molecular weight is 437 g/mol. The summed E-state index contributed by atoms with van der Waals surface area (Å²) in [7, 11) is -2.24. The summed E-state index contributed by atoms with van der Waals surface area (Å²) in [6.45, 7) is 10.7. The average Bonchev–Trinajstić information content (AvgIpc) is 3.29. The van der Waals surface area contributed by atoms with E-state index in [1.165, 1.54) is 17.3 Å². The Kier molecular flexibility index (Phi) is 6.57. The first-order chi connectivity index (χ1) is 13.6. The van der Waals surface area contributed by atoms with E-state index in [0.29, 0.717) is 22.4 Å². The number of hydrogen-bond donors (Lipinski definition) is 2. The number of ether oxygens (including phenoxy) is 1. The number of aliphatic hydroxyl groups is 1. The van der Waals surface area contributed by atoms with Gasteiger partial charge in [0, 0.05) is 0 Å². The van der Waals surface area contributed by atoms with Crippen LogP contribution >= 0.6 is 11.3 Å². The second-order valence-corrected chi connectivity index (χ2v) is 10.6. The number of fused-ring (bicyclic) bond motifs is 1. The third-order valence-corrected chi connectivity index (χ3v) is 7.72. The van der Waals surface area contributed by atoms with Crippen LogP contribution in [0.25, 0.3) is 0 Å². The summed E-state index contributed by atoms with van der Waals surface area (Å²) < 4.78 is 22.5. The minimum absolute atomic E-state index is 0.127. The Bertz CT molecular complexity index is 1010. The number of rotatable bonds is 6. The lowest BCUT2D eigenvalue weighted by molar-refractivity contribution is -0.117. The Balaban J connectivity index is 1.92. The first-order valence-electron chi connectivity index (χ1n) is 9.76. The summed E-state index contributed by atoms with van der Waals surface area (Å²) in [5, 5.41) is 10.5. The Hall–Kier alpha value is -1.61. The number of carbonyl (C=O) groups excluding carboxylic acids is 1. The highest BCUT2D eigenvalue weighted by Gasteiger charge is 2.24. The lowest BCUT2D eigenvalue weighted by atomic mass is 9.84. The fourth-order valence-corrected chi connectivity index (χ4v) is 5.55. The van der Waals surface area contributed by atoms with E-state index in [1.807, 2.05) is 0 Å². The van der Waals surface area contributed by atoms with Gasteiger partial charge in [0.1, 0.15) is 14.8 Å². The number of benzene rings is 1. The molecule has 6 nitrogen and oxygen atoms in total. The van der Waals surface area contributed by atoms with E-state index in [2.05, 4.69) is 36.2 Å². The van der Waals surface area contributed by atoms with E-state index in [4.69, 9.17) is 4.74 Å². The molecule has 1 N–H and O–H groups in total. The number of aromatic nitrogens is 1. The van der Waals surface area contributed by atoms with Crippen molar-refractivity contribution in [1.29, 1.82) is 0 Å². The van der Waals surface area contributed by atoms with Crippen LogP contribution in [0.4, 0.5) is 0 Å². The standard InChI is InChI=1S/C21H28N2O4S2/c1-6-13-7-14-10-27-11-16(14)19(12(2)3)15(13)8-17(24)23-29(26)18-9-22-20(28-18)21(4,5)25/h7,9,12,25,29H,6,8,10-11H2,1-5H3. The zero-order chi connectivity index (χ0) is 21.3. The summed E-state index contributed by atoms with van der Waals surface area (Å²) in [5.74, 6) is -0.149. The number of thiazole rings is 1. The van der Waals surface area contributed by atoms with Crippen molar-refractivity contribution < 1.29 is 18.8 Å². The zero-order valence-electron chi connectivity index (χ0n) is 17.5. The molecule has 0 saturated heterocycles. The van der Waals surface area contributed by atoms with E-state index < -0.39 is 22.1 Å². The van der Waals surface area contributed by atoms with Crippen LogP contribution in [0.1, 0.15) is 73.4 Å². The van der Waals surface area contributed by atoms with Crippen LogP contribution in [0.15, 0.2) is 20.8 Å². The molecule has 1 aromatic heterocycles. The molecule has 0 bridgehead atoms. The molecule has 158 valence electrons. The smallest absolute Gasteiger partial charge is 0.258 e. The Labute approximate surface area is 177 Å². The van der Waals surface area contributed by atoms with Gasteiger partial charge in [-0.05, 0) is 54.0 Å². The zero-order valence-corrected chi connectivity index (χ0v) is 19.2. The van der Waals surface area contributed by atoms with Gasteiger partial charge in [-0.3, -0.25) is 4.79 Å². The van der Waals surface area contributed by atoms with Gasteiger partial charge in [-0.2, -0.15) is 4.36 Å². The van der Waals surface area contributed by atoms with E-state index in [0.717, 1.165) is 34.4 Å². The van der Waals surface area contributed by atoms with Gasteiger partial charge in [0.15, 0.2) is 0 Å². The molecule has 1 unspecified atom stereocenters. The Morgan fingerprint density at radius 1 is 1.41 bits per heavy atom. The van der Waals surface area contributed by atoms with Crippen LogP contribution in [0.5, 0.6) is 0 Å². The summed E-state index contributed by atoms with van der Waals surface area (Å²) in [6.07, 6.45) is 2.37. The summed E-state index contributed by atoms with van der Waals surface area (Å²) in [4.78, 5) is 16.8. The highest BCUT2D eigenvalue weighted by Crippen LogP contribution is 2.35. The lowest BCUT2D eigenvalue weighted by Crippen LogP contribution is -2.14. The molecule has 0 radical (unpaired) electrons. The minimum atomic E-state index is -2.24. The van der Waals surface area contributed by atoms with Crippen LogP contribution in [-0.4, -0.2) is 20.2 Å². The van der Waals surface area contributed by atoms with Gasteiger partial charge in [0.05, 0.1) is 36.4 Å². The third-order valence-electron chi connectivity index (χ3n) is 4.97. The van der Waals surface area contributed by atoms with Crippen molar-refractivity contribution in [3.63, 3.8) is 0 Å². The van der Waals surface area contributed by atoms with Crippen molar-refractivity contribution >= 4 is 27.8 Å². The summed E-state index contributed by atoms with van der Waals surface area (Å²) in [5.41, 5.74) is 4.55. The maximum Gasteiger partial charge on any atom is 0.258 e. The molecule has 2 heterocycles. The van der Waals surface area contributed by atoms with Crippen LogP contribution in [0.3, 0.4) is 0 Å². The number of hydrogen-bond acceptors (Lipinski definition) is 6. The predicted molar refractivity (Wildman–Crippen MR) is 115 cm³/mol. The van der Waals surface area contributed by atoms with Crippen LogP contribution in [0, 0.1) is 0 Å². The topological polar surface area (TPSA) is 88.9 Å². The van der Waals surface area contributed by atoms with Gasteiger partial charge in [-0.15, -0.1) is 11.3 Å². The molecular formula is C21H28N2O4S2. The first kappa shape index (κ1) is 22.1. The van der Waals surface area contributed by atoms with E-state index >= 15 is 0 Å². The normalized spacial score (nSPS) is 15.1. The molecule has 0 fully saturated rings. The second kappa shape index (κ2) is 8.63. The maximum atomic E-state index is 12.7. The van der Waals surface area contributed by atoms with E-state index in [9.17, 15) is 14.1 Å². The van der Waals surface area contributed by atoms with Gasteiger partial charge >= 0.3 is 0 Å². The fraction of sp³-hybridized carbons (Fsp3) is 0.524. The maximum absolute atomic E-state index is 12.7. The lowest BCUT2D eigenvalue weighted by Gasteiger charge is -2.20. The largest absolute Gasteiger partial charge is 0.383 e. The second-order valence-electron chi connectivity index (χ2n) is 8.07. The first-order valence-corrected chi connectivity index (χ1v) is 11.8. The molecule has 1 aliphatic heterocycles. The highest BCUT2D eigenvalue weighted by atomic mass is 32.2. The fourth-order valence-electron chi connectivity index (χ4n) is 3.67. The summed E-state index contributed by atoms with van der Waals surface area (Å²) >= 11 is 1.12. The van der Waals surface area contributed by atoms with Gasteiger partial charge in [0.2, 0.25) is 0 Å². The quantitative estimate of drug-likeness (QED) is 0.671. The van der Waals surface area contributed by atoms with Gasteiger partial charge in [-0.1, -0.05) is 26.8 Å². The third kappa shape index (κ3) is 4.77. The van der Waals surface area contributed by atoms with Crippen molar-refractivity contribution in [3.05, 3.63) is 45.1 Å². The van der Waals surface area contributed by atoms with Gasteiger partial charge in [-0.25, -0.2) is 9.19 Å². The molecular weight excluding hydrogens is 408 g/mol. The molecule has 0 spiro atoms. The molecule has 1 amide bonds. The Morgan fingerprint density at radius 3 is 2.72 bits per heavy atom. The molecule has 1 aliphatic rings. The Morgan fingerprint density at radius 2 is 2.14 bits per heavy atom. The summed E-state index contributed by atoms with van der Waals surface area (Å²) in [6, 6.07) is 2.13. The molecule has 1 aromatic carbocycles. The van der Waals surface area contributed by atoms with Gasteiger partial charge < -0.3 is 9.84 Å². The highest BCUT2D eigenvalue weighted by molar-refractivity contribution is 7.78. The number of thiol groups is 1. The monoisotopic (exact) mass is 436 g/mol. The predicted octanol–water partition coefficient (Wildman–Crippen LogP) is 3.88. The van der Waals surface area contributed by atoms with Crippen molar-refractivity contribution in [2.45, 2.75) is 76.4 Å². The van der Waals surface area contributed by atoms with Crippen molar-refractivity contribution in [3.8, 4) is 0 Å². The minimum Gasteiger partial charge on any atom is -0.383 e. The van der Waals surface area contributed by atoms with E-state index in [1.54, 1.807) is 13.8 Å². The molecule has 8 heteroatoms. The van der Waals surface area contributed by atoms with Gasteiger partial charge in [0.25, 0.3) is 5.91 Å². The van der Waals surface area contributed by atoms with Crippen molar-refractivity contribution in [1.82, 2.24) is 4.98 Å². The molecule has 29 heavy (non-hydrogen) atoms. The molecule has 3 rings (SSSR count). The van der Waals surface area contributed by atoms with Crippen molar-refractivity contribution in [2.24, 2.45) is 4.36 Å². The molecule has 1 atom stereocenters. The van der Waals surface area contributed by atoms with Crippen LogP contribution in [0.2, 0.25) is 0 Å².